The van der Waals surface area contributed by atoms with E-state index >= 15 is 0 Å². The SMILES string of the molecule is CCN(CCCO)C(=O)c1cc([N+](=O)[O-])c(F)cc1F. The molecule has 0 bridgehead atoms. The van der Waals surface area contributed by atoms with E-state index in [0.717, 1.165) is 0 Å². The average molecular weight is 288 g/mol. The third-order valence-electron chi connectivity index (χ3n) is 2.72. The molecule has 1 amide bonds. The Morgan fingerprint density at radius 2 is 2.05 bits per heavy atom. The molecule has 6 nitrogen and oxygen atoms in total. The fourth-order valence-electron chi connectivity index (χ4n) is 1.68. The van der Waals surface area contributed by atoms with Gasteiger partial charge in [0.1, 0.15) is 5.82 Å². The summed E-state index contributed by atoms with van der Waals surface area (Å²) in [6, 6.07) is 0.917. The first-order valence-electron chi connectivity index (χ1n) is 5.95. The number of nitrogens with zero attached hydrogens (tertiary/aromatic N) is 2. The molecule has 1 aromatic carbocycles. The van der Waals surface area contributed by atoms with Crippen molar-refractivity contribution in [2.24, 2.45) is 0 Å². The Kier molecular flexibility index (Phi) is 5.51. The number of aliphatic hydroxyl groups excluding tert-OH is 1. The van der Waals surface area contributed by atoms with E-state index in [0.29, 0.717) is 18.6 Å². The van der Waals surface area contributed by atoms with Gasteiger partial charge in [0.05, 0.1) is 10.5 Å². The second-order valence-corrected chi connectivity index (χ2v) is 4.00. The van der Waals surface area contributed by atoms with Gasteiger partial charge >= 0.3 is 5.69 Å². The quantitative estimate of drug-likeness (QED) is 0.638. The molecule has 0 heterocycles. The third-order valence-corrected chi connectivity index (χ3v) is 2.72. The number of carbonyl (C=O) groups excluding carboxylic acids is 1. The van der Waals surface area contributed by atoms with Gasteiger partial charge in [-0.15, -0.1) is 0 Å². The maximum absolute atomic E-state index is 13.6. The zero-order chi connectivity index (χ0) is 15.3. The number of hydrogen-bond acceptors (Lipinski definition) is 4. The molecular weight excluding hydrogens is 274 g/mol. The summed E-state index contributed by atoms with van der Waals surface area (Å²) >= 11 is 0. The summed E-state index contributed by atoms with van der Waals surface area (Å²) in [5, 5.41) is 19.3. The van der Waals surface area contributed by atoms with Crippen molar-refractivity contribution in [3.63, 3.8) is 0 Å². The lowest BCUT2D eigenvalue weighted by atomic mass is 10.1. The van der Waals surface area contributed by atoms with Crippen LogP contribution in [0.1, 0.15) is 23.7 Å². The Morgan fingerprint density at radius 3 is 2.55 bits per heavy atom. The van der Waals surface area contributed by atoms with Crippen molar-refractivity contribution in [3.05, 3.63) is 39.4 Å². The first-order valence-corrected chi connectivity index (χ1v) is 5.95. The first-order chi connectivity index (χ1) is 9.42. The summed E-state index contributed by atoms with van der Waals surface area (Å²) in [6.45, 7) is 1.92. The Bertz CT molecular complexity index is 522. The molecule has 0 radical (unpaired) electrons. The molecule has 0 unspecified atom stereocenters. The number of carbonyl (C=O) groups is 1. The minimum absolute atomic E-state index is 0.143. The van der Waals surface area contributed by atoms with E-state index in [1.165, 1.54) is 4.90 Å². The van der Waals surface area contributed by atoms with Gasteiger partial charge in [-0.3, -0.25) is 14.9 Å². The van der Waals surface area contributed by atoms with Crippen LogP contribution in [0.3, 0.4) is 0 Å². The van der Waals surface area contributed by atoms with Gasteiger partial charge in [0, 0.05) is 31.8 Å². The van der Waals surface area contributed by atoms with E-state index in [-0.39, 0.29) is 19.7 Å². The molecule has 20 heavy (non-hydrogen) atoms. The van der Waals surface area contributed by atoms with Crippen LogP contribution in [0.5, 0.6) is 0 Å². The van der Waals surface area contributed by atoms with Gasteiger partial charge in [0.25, 0.3) is 5.91 Å². The lowest BCUT2D eigenvalue weighted by molar-refractivity contribution is -0.387. The molecule has 1 aromatic rings. The van der Waals surface area contributed by atoms with Gasteiger partial charge in [-0.05, 0) is 13.3 Å². The number of nitro benzene ring substituents is 1. The molecule has 8 heteroatoms. The Labute approximate surface area is 113 Å². The van der Waals surface area contributed by atoms with Crippen LogP contribution in [0.2, 0.25) is 0 Å². The van der Waals surface area contributed by atoms with Crippen LogP contribution in [0.15, 0.2) is 12.1 Å². The van der Waals surface area contributed by atoms with Crippen LogP contribution in [0.25, 0.3) is 0 Å². The number of hydrogen-bond donors (Lipinski definition) is 1. The zero-order valence-corrected chi connectivity index (χ0v) is 10.8. The number of amides is 1. The van der Waals surface area contributed by atoms with Crippen molar-refractivity contribution in [2.45, 2.75) is 13.3 Å². The second-order valence-electron chi connectivity index (χ2n) is 4.00. The van der Waals surface area contributed by atoms with Crippen molar-refractivity contribution in [2.75, 3.05) is 19.7 Å². The van der Waals surface area contributed by atoms with Crippen LogP contribution < -0.4 is 0 Å². The molecule has 0 saturated carbocycles. The number of aliphatic hydroxyl groups is 1. The molecule has 0 atom stereocenters. The summed E-state index contributed by atoms with van der Waals surface area (Å²) < 4.78 is 26.8. The summed E-state index contributed by atoms with van der Waals surface area (Å²) in [7, 11) is 0. The van der Waals surface area contributed by atoms with Gasteiger partial charge in [-0.1, -0.05) is 0 Å². The topological polar surface area (TPSA) is 83.7 Å². The molecular formula is C12H14F2N2O4. The molecule has 0 aliphatic heterocycles. The molecule has 0 saturated heterocycles. The largest absolute Gasteiger partial charge is 0.396 e. The van der Waals surface area contributed by atoms with Crippen molar-refractivity contribution >= 4 is 11.6 Å². The lowest BCUT2D eigenvalue weighted by Crippen LogP contribution is -2.33. The third kappa shape index (κ3) is 3.47. The minimum Gasteiger partial charge on any atom is -0.396 e. The maximum Gasteiger partial charge on any atom is 0.305 e. The smallest absolute Gasteiger partial charge is 0.305 e. The van der Waals surface area contributed by atoms with E-state index < -0.39 is 33.7 Å². The van der Waals surface area contributed by atoms with E-state index in [4.69, 9.17) is 5.11 Å². The van der Waals surface area contributed by atoms with E-state index in [1.807, 2.05) is 0 Å². The van der Waals surface area contributed by atoms with Crippen molar-refractivity contribution in [3.8, 4) is 0 Å². The molecule has 110 valence electrons. The van der Waals surface area contributed by atoms with E-state index in [1.54, 1.807) is 6.92 Å². The monoisotopic (exact) mass is 288 g/mol. The van der Waals surface area contributed by atoms with Gasteiger partial charge in [0.2, 0.25) is 5.82 Å². The minimum atomic E-state index is -1.33. The highest BCUT2D eigenvalue weighted by Gasteiger charge is 2.24. The fourth-order valence-corrected chi connectivity index (χ4v) is 1.68. The number of nitro groups is 1. The van der Waals surface area contributed by atoms with Crippen molar-refractivity contribution in [1.82, 2.24) is 4.90 Å². The molecule has 0 aliphatic rings. The highest BCUT2D eigenvalue weighted by atomic mass is 19.1. The van der Waals surface area contributed by atoms with Gasteiger partial charge in [0.15, 0.2) is 0 Å². The van der Waals surface area contributed by atoms with Gasteiger partial charge in [-0.25, -0.2) is 4.39 Å². The summed E-state index contributed by atoms with van der Waals surface area (Å²) in [4.78, 5) is 22.9. The van der Waals surface area contributed by atoms with E-state index in [9.17, 15) is 23.7 Å². The van der Waals surface area contributed by atoms with Crippen LogP contribution in [-0.4, -0.2) is 40.5 Å². The Balaban J connectivity index is 3.14. The lowest BCUT2D eigenvalue weighted by Gasteiger charge is -2.20. The normalized spacial score (nSPS) is 10.4. The fraction of sp³-hybridized carbons (Fsp3) is 0.417. The number of halogens is 2. The molecule has 1 N–H and O–H groups in total. The predicted octanol–water partition coefficient (Wildman–Crippen LogP) is 1.72. The Morgan fingerprint density at radius 1 is 1.40 bits per heavy atom. The molecule has 0 fully saturated rings. The summed E-state index contributed by atoms with van der Waals surface area (Å²) in [5.74, 6) is -3.26. The highest BCUT2D eigenvalue weighted by Crippen LogP contribution is 2.22. The summed E-state index contributed by atoms with van der Waals surface area (Å²) in [6.07, 6.45) is 0.296. The molecule has 0 spiro atoms. The van der Waals surface area contributed by atoms with Crippen molar-refractivity contribution in [1.29, 1.82) is 0 Å². The van der Waals surface area contributed by atoms with Gasteiger partial charge < -0.3 is 10.0 Å². The maximum atomic E-state index is 13.6. The summed E-state index contributed by atoms with van der Waals surface area (Å²) in [5.41, 5.74) is -1.51. The van der Waals surface area contributed by atoms with Crippen LogP contribution in [0.4, 0.5) is 14.5 Å². The standard InChI is InChI=1S/C12H14F2N2O4/c1-2-15(4-3-5-17)12(18)8-6-11(16(19)20)10(14)7-9(8)13/h6-7,17H,2-5H2,1H3. The van der Waals surface area contributed by atoms with Crippen LogP contribution in [-0.2, 0) is 0 Å². The predicted molar refractivity (Wildman–Crippen MR) is 66.3 cm³/mol. The van der Waals surface area contributed by atoms with Crippen LogP contribution >= 0.6 is 0 Å². The van der Waals surface area contributed by atoms with Crippen LogP contribution in [0, 0.1) is 21.7 Å². The highest BCUT2D eigenvalue weighted by molar-refractivity contribution is 5.95. The van der Waals surface area contributed by atoms with Crippen molar-refractivity contribution < 1.29 is 23.6 Å². The second kappa shape index (κ2) is 6.90. The first kappa shape index (κ1) is 16.0. The molecule has 0 aliphatic carbocycles. The zero-order valence-electron chi connectivity index (χ0n) is 10.8. The van der Waals surface area contributed by atoms with Gasteiger partial charge in [-0.2, -0.15) is 4.39 Å². The van der Waals surface area contributed by atoms with E-state index in [2.05, 4.69) is 0 Å². The molecule has 0 aromatic heterocycles. The Hall–Kier alpha value is -2.09. The average Bonchev–Trinajstić information content (AvgIpc) is 2.38. The molecule has 1 rings (SSSR count). The number of rotatable bonds is 6. The number of benzene rings is 1.